The lowest BCUT2D eigenvalue weighted by Gasteiger charge is -2.24. The Kier molecular flexibility index (Phi) is 4.68. The summed E-state index contributed by atoms with van der Waals surface area (Å²) in [7, 11) is 1.56. The van der Waals surface area contributed by atoms with Crippen molar-refractivity contribution in [2.45, 2.75) is 25.8 Å². The summed E-state index contributed by atoms with van der Waals surface area (Å²) in [6.07, 6.45) is 0. The van der Waals surface area contributed by atoms with Crippen molar-refractivity contribution >= 4 is 11.3 Å². The first-order valence-electron chi connectivity index (χ1n) is 6.64. The van der Waals surface area contributed by atoms with Gasteiger partial charge in [0.15, 0.2) is 11.5 Å². The predicted octanol–water partition coefficient (Wildman–Crippen LogP) is 3.53. The summed E-state index contributed by atoms with van der Waals surface area (Å²) in [4.78, 5) is 1.36. The van der Waals surface area contributed by atoms with Crippen LogP contribution in [0.3, 0.4) is 0 Å². The van der Waals surface area contributed by atoms with Gasteiger partial charge in [-0.2, -0.15) is 0 Å². The molecule has 0 fully saturated rings. The van der Waals surface area contributed by atoms with Crippen LogP contribution < -0.4 is 10.1 Å². The number of hydrogen-bond donors (Lipinski definition) is 2. The van der Waals surface area contributed by atoms with Crippen molar-refractivity contribution in [2.24, 2.45) is 0 Å². The Morgan fingerprint density at radius 3 is 2.70 bits per heavy atom. The van der Waals surface area contributed by atoms with E-state index in [0.29, 0.717) is 12.3 Å². The molecule has 0 saturated carbocycles. The van der Waals surface area contributed by atoms with Crippen LogP contribution in [-0.4, -0.2) is 18.8 Å². The number of ether oxygens (including phenoxy) is 1. The van der Waals surface area contributed by atoms with E-state index in [-0.39, 0.29) is 11.2 Å². The molecule has 0 saturated heterocycles. The molecule has 20 heavy (non-hydrogen) atoms. The molecular formula is C16H21NO2S. The zero-order valence-corrected chi connectivity index (χ0v) is 13.0. The quantitative estimate of drug-likeness (QED) is 0.855. The third-order valence-corrected chi connectivity index (χ3v) is 4.61. The van der Waals surface area contributed by atoms with E-state index in [1.54, 1.807) is 24.5 Å². The first kappa shape index (κ1) is 14.9. The van der Waals surface area contributed by atoms with Crippen LogP contribution in [0.4, 0.5) is 0 Å². The number of aromatic hydroxyl groups is 1. The second kappa shape index (κ2) is 6.29. The number of phenolic OH excluding ortho intramolecular Hbond substituents is 1. The third-order valence-electron chi connectivity index (χ3n) is 3.37. The molecule has 4 heteroatoms. The van der Waals surface area contributed by atoms with Gasteiger partial charge in [-0.3, -0.25) is 0 Å². The van der Waals surface area contributed by atoms with Crippen LogP contribution in [0.25, 0.3) is 0 Å². The first-order valence-corrected chi connectivity index (χ1v) is 7.52. The number of benzene rings is 1. The van der Waals surface area contributed by atoms with Gasteiger partial charge in [0.25, 0.3) is 0 Å². The SMILES string of the molecule is COc1cccc(CNCC(C)(C)c2cccs2)c1O. The maximum atomic E-state index is 10.0. The van der Waals surface area contributed by atoms with Crippen LogP contribution in [0.2, 0.25) is 0 Å². The second-order valence-electron chi connectivity index (χ2n) is 5.43. The Morgan fingerprint density at radius 2 is 2.05 bits per heavy atom. The molecule has 1 heterocycles. The summed E-state index contributed by atoms with van der Waals surface area (Å²) < 4.78 is 5.12. The molecule has 0 atom stereocenters. The zero-order chi connectivity index (χ0) is 14.6. The van der Waals surface area contributed by atoms with Crippen molar-refractivity contribution in [1.82, 2.24) is 5.32 Å². The highest BCUT2D eigenvalue weighted by Crippen LogP contribution is 2.30. The lowest BCUT2D eigenvalue weighted by Crippen LogP contribution is -2.31. The van der Waals surface area contributed by atoms with Crippen molar-refractivity contribution in [3.8, 4) is 11.5 Å². The molecule has 0 bridgehead atoms. The molecule has 0 radical (unpaired) electrons. The molecule has 0 unspecified atom stereocenters. The van der Waals surface area contributed by atoms with Gasteiger partial charge in [0.1, 0.15) is 0 Å². The molecule has 1 aromatic carbocycles. The van der Waals surface area contributed by atoms with Gasteiger partial charge in [-0.25, -0.2) is 0 Å². The summed E-state index contributed by atoms with van der Waals surface area (Å²) in [5, 5.41) is 15.6. The number of methoxy groups -OCH3 is 1. The maximum Gasteiger partial charge on any atom is 0.162 e. The number of phenols is 1. The molecule has 2 rings (SSSR count). The summed E-state index contributed by atoms with van der Waals surface area (Å²) in [5.74, 6) is 0.734. The Hall–Kier alpha value is -1.52. The number of hydrogen-bond acceptors (Lipinski definition) is 4. The molecule has 0 spiro atoms. The van der Waals surface area contributed by atoms with Crippen LogP contribution in [0.15, 0.2) is 35.7 Å². The van der Waals surface area contributed by atoms with Crippen molar-refractivity contribution in [3.63, 3.8) is 0 Å². The van der Waals surface area contributed by atoms with E-state index in [9.17, 15) is 5.11 Å². The fourth-order valence-corrected chi connectivity index (χ4v) is 2.99. The molecule has 0 amide bonds. The maximum absolute atomic E-state index is 10.0. The molecule has 2 aromatic rings. The first-order chi connectivity index (χ1) is 9.54. The van der Waals surface area contributed by atoms with Gasteiger partial charge < -0.3 is 15.2 Å². The lowest BCUT2D eigenvalue weighted by molar-refractivity contribution is 0.368. The zero-order valence-electron chi connectivity index (χ0n) is 12.1. The van der Waals surface area contributed by atoms with E-state index in [4.69, 9.17) is 4.74 Å². The normalized spacial score (nSPS) is 11.6. The van der Waals surface area contributed by atoms with E-state index in [1.807, 2.05) is 12.1 Å². The minimum absolute atomic E-state index is 0.0860. The highest BCUT2D eigenvalue weighted by Gasteiger charge is 2.21. The van der Waals surface area contributed by atoms with Gasteiger partial charge in [-0.15, -0.1) is 11.3 Å². The van der Waals surface area contributed by atoms with E-state index >= 15 is 0 Å². The summed E-state index contributed by atoms with van der Waals surface area (Å²) >= 11 is 1.78. The fraction of sp³-hybridized carbons (Fsp3) is 0.375. The van der Waals surface area contributed by atoms with E-state index in [0.717, 1.165) is 12.1 Å². The van der Waals surface area contributed by atoms with Gasteiger partial charge in [0.2, 0.25) is 0 Å². The smallest absolute Gasteiger partial charge is 0.162 e. The molecule has 0 aliphatic rings. The third kappa shape index (κ3) is 3.32. The van der Waals surface area contributed by atoms with E-state index in [1.165, 1.54) is 4.88 Å². The molecule has 2 N–H and O–H groups in total. The second-order valence-corrected chi connectivity index (χ2v) is 6.38. The van der Waals surface area contributed by atoms with Crippen LogP contribution in [0, 0.1) is 0 Å². The summed E-state index contributed by atoms with van der Waals surface area (Å²) in [5.41, 5.74) is 0.939. The topological polar surface area (TPSA) is 41.5 Å². The van der Waals surface area contributed by atoms with Gasteiger partial charge >= 0.3 is 0 Å². The number of rotatable bonds is 6. The van der Waals surface area contributed by atoms with Crippen molar-refractivity contribution in [3.05, 3.63) is 46.2 Å². The van der Waals surface area contributed by atoms with Crippen LogP contribution in [0.5, 0.6) is 11.5 Å². The number of thiophene rings is 1. The Balaban J connectivity index is 1.97. The predicted molar refractivity (Wildman–Crippen MR) is 83.7 cm³/mol. The molecular weight excluding hydrogens is 270 g/mol. The number of para-hydroxylation sites is 1. The largest absolute Gasteiger partial charge is 0.504 e. The van der Waals surface area contributed by atoms with Crippen molar-refractivity contribution < 1.29 is 9.84 Å². The monoisotopic (exact) mass is 291 g/mol. The van der Waals surface area contributed by atoms with Gasteiger partial charge in [-0.05, 0) is 17.5 Å². The Labute approximate surface area is 124 Å². The van der Waals surface area contributed by atoms with Crippen molar-refractivity contribution in [2.75, 3.05) is 13.7 Å². The minimum Gasteiger partial charge on any atom is -0.504 e. The molecule has 3 nitrogen and oxygen atoms in total. The Morgan fingerprint density at radius 1 is 1.25 bits per heavy atom. The Bertz CT molecular complexity index is 550. The lowest BCUT2D eigenvalue weighted by atomic mass is 9.91. The van der Waals surface area contributed by atoms with Crippen molar-refractivity contribution in [1.29, 1.82) is 0 Å². The highest BCUT2D eigenvalue weighted by molar-refractivity contribution is 7.10. The van der Waals surface area contributed by atoms with Crippen LogP contribution in [-0.2, 0) is 12.0 Å². The average Bonchev–Trinajstić information content (AvgIpc) is 2.95. The molecule has 1 aromatic heterocycles. The minimum atomic E-state index is 0.0860. The molecule has 108 valence electrons. The van der Waals surface area contributed by atoms with Gasteiger partial charge in [-0.1, -0.05) is 32.0 Å². The fourth-order valence-electron chi connectivity index (χ4n) is 2.14. The van der Waals surface area contributed by atoms with E-state index < -0.39 is 0 Å². The average molecular weight is 291 g/mol. The van der Waals surface area contributed by atoms with E-state index in [2.05, 4.69) is 36.7 Å². The molecule has 0 aliphatic heterocycles. The van der Waals surface area contributed by atoms with Gasteiger partial charge in [0.05, 0.1) is 7.11 Å². The number of nitrogens with one attached hydrogen (secondary N) is 1. The molecule has 0 aliphatic carbocycles. The highest BCUT2D eigenvalue weighted by atomic mass is 32.1. The van der Waals surface area contributed by atoms with Gasteiger partial charge in [0, 0.05) is 28.9 Å². The van der Waals surface area contributed by atoms with Crippen LogP contribution in [0.1, 0.15) is 24.3 Å². The summed E-state index contributed by atoms with van der Waals surface area (Å²) in [6.45, 7) is 5.91. The summed E-state index contributed by atoms with van der Waals surface area (Å²) in [6, 6.07) is 9.79. The van der Waals surface area contributed by atoms with Crippen LogP contribution >= 0.6 is 11.3 Å². The standard InChI is InChI=1S/C16H21NO2S/c1-16(2,14-8-5-9-20-14)11-17-10-12-6-4-7-13(19-3)15(12)18/h4-9,17-18H,10-11H2,1-3H3.